The lowest BCUT2D eigenvalue weighted by atomic mass is 10.0. The topological polar surface area (TPSA) is 92.8 Å². The minimum atomic E-state index is 0.148. The van der Waals surface area contributed by atoms with Crippen LogP contribution in [-0.2, 0) is 30.7 Å². The molecule has 0 saturated heterocycles. The third-order valence-corrected chi connectivity index (χ3v) is 5.28. The molecule has 0 aliphatic carbocycles. The number of aromatic nitrogens is 5. The lowest BCUT2D eigenvalue weighted by molar-refractivity contribution is -0.132. The molecule has 0 saturated carbocycles. The lowest BCUT2D eigenvalue weighted by Gasteiger charge is -2.28. The summed E-state index contributed by atoms with van der Waals surface area (Å²) < 4.78 is 7.22. The van der Waals surface area contributed by atoms with Gasteiger partial charge in [0.25, 0.3) is 0 Å². The number of imidazole rings is 1. The Morgan fingerprint density at radius 1 is 1.37 bits per heavy atom. The summed E-state index contributed by atoms with van der Waals surface area (Å²) in [6, 6.07) is 0. The molecular formula is C19H24N6O2. The lowest BCUT2D eigenvalue weighted by Crippen LogP contribution is -2.36. The van der Waals surface area contributed by atoms with Crippen molar-refractivity contribution in [2.75, 3.05) is 6.54 Å². The molecule has 0 aromatic carbocycles. The first-order valence-corrected chi connectivity index (χ1v) is 9.36. The number of aryl methyl sites for hydroxylation is 3. The fourth-order valence-corrected chi connectivity index (χ4v) is 3.80. The minimum absolute atomic E-state index is 0.148. The van der Waals surface area contributed by atoms with E-state index in [4.69, 9.17) is 9.62 Å². The second-order valence-corrected chi connectivity index (χ2v) is 6.90. The van der Waals surface area contributed by atoms with E-state index in [-0.39, 0.29) is 5.91 Å². The molecule has 27 heavy (non-hydrogen) atoms. The maximum Gasteiger partial charge on any atom is 0.223 e. The van der Waals surface area contributed by atoms with E-state index in [1.807, 2.05) is 23.4 Å². The zero-order valence-electron chi connectivity index (χ0n) is 15.9. The second kappa shape index (κ2) is 7.02. The van der Waals surface area contributed by atoms with E-state index in [0.717, 1.165) is 53.6 Å². The highest BCUT2D eigenvalue weighted by atomic mass is 16.5. The van der Waals surface area contributed by atoms with Gasteiger partial charge in [0, 0.05) is 61.7 Å². The van der Waals surface area contributed by atoms with Crippen LogP contribution in [0.3, 0.4) is 0 Å². The van der Waals surface area contributed by atoms with Crippen LogP contribution in [-0.4, -0.2) is 42.3 Å². The fourth-order valence-electron chi connectivity index (χ4n) is 3.80. The number of fused-ring (bicyclic) bond motifs is 1. The van der Waals surface area contributed by atoms with Crippen molar-refractivity contribution in [3.05, 3.63) is 40.7 Å². The number of amides is 1. The van der Waals surface area contributed by atoms with Crippen LogP contribution in [0.15, 0.2) is 16.9 Å². The molecule has 1 aliphatic heterocycles. The number of aromatic amines is 1. The molecule has 1 aliphatic rings. The molecule has 0 unspecified atom stereocenters. The molecule has 142 valence electrons. The molecule has 1 N–H and O–H groups in total. The van der Waals surface area contributed by atoms with Gasteiger partial charge in [0.15, 0.2) is 5.82 Å². The van der Waals surface area contributed by atoms with Gasteiger partial charge in [0.05, 0.1) is 5.69 Å². The average molecular weight is 368 g/mol. The summed E-state index contributed by atoms with van der Waals surface area (Å²) in [4.78, 5) is 22.2. The highest BCUT2D eigenvalue weighted by molar-refractivity contribution is 5.77. The summed E-state index contributed by atoms with van der Waals surface area (Å²) in [6.07, 6.45) is 5.44. The molecule has 4 heterocycles. The maximum atomic E-state index is 12.8. The molecule has 0 radical (unpaired) electrons. The zero-order chi connectivity index (χ0) is 19.0. The molecule has 0 spiro atoms. The third-order valence-electron chi connectivity index (χ3n) is 5.28. The third kappa shape index (κ3) is 3.15. The quantitative estimate of drug-likeness (QED) is 0.746. The van der Waals surface area contributed by atoms with Gasteiger partial charge in [-0.2, -0.15) is 5.10 Å². The number of nitrogens with one attached hydrogen (secondary N) is 1. The molecule has 0 bridgehead atoms. The van der Waals surface area contributed by atoms with Crippen molar-refractivity contribution in [2.45, 2.75) is 53.1 Å². The fraction of sp³-hybridized carbons (Fsp3) is 0.474. The van der Waals surface area contributed by atoms with Gasteiger partial charge in [-0.15, -0.1) is 0 Å². The summed E-state index contributed by atoms with van der Waals surface area (Å²) in [5.74, 6) is 1.70. The van der Waals surface area contributed by atoms with Gasteiger partial charge >= 0.3 is 0 Å². The Balaban J connectivity index is 1.52. The second-order valence-electron chi connectivity index (χ2n) is 6.90. The van der Waals surface area contributed by atoms with Gasteiger partial charge in [-0.3, -0.25) is 9.48 Å². The highest BCUT2D eigenvalue weighted by Crippen LogP contribution is 2.29. The van der Waals surface area contributed by atoms with E-state index < -0.39 is 0 Å². The van der Waals surface area contributed by atoms with E-state index in [1.54, 1.807) is 12.4 Å². The van der Waals surface area contributed by atoms with Crippen molar-refractivity contribution >= 4 is 5.91 Å². The van der Waals surface area contributed by atoms with Crippen molar-refractivity contribution in [3.8, 4) is 11.5 Å². The number of hydrogen-bond donors (Lipinski definition) is 1. The number of H-pyrrole nitrogens is 1. The number of rotatable bonds is 5. The van der Waals surface area contributed by atoms with E-state index in [2.05, 4.69) is 22.0 Å². The molecular weight excluding hydrogens is 344 g/mol. The van der Waals surface area contributed by atoms with Gasteiger partial charge in [-0.1, -0.05) is 5.16 Å². The van der Waals surface area contributed by atoms with Gasteiger partial charge < -0.3 is 14.4 Å². The molecule has 8 nitrogen and oxygen atoms in total. The summed E-state index contributed by atoms with van der Waals surface area (Å²) >= 11 is 0. The standard InChI is InChI=1S/C19H24N6O2/c1-4-25-16-7-10-24(11-15(16)18(22-25)19-20-8-9-21-19)17(26)6-5-14-12(2)23-27-13(14)3/h8-9H,4-7,10-11H2,1-3H3,(H,20,21). The van der Waals surface area contributed by atoms with Crippen LogP contribution < -0.4 is 0 Å². The Hall–Kier alpha value is -2.90. The predicted molar refractivity (Wildman–Crippen MR) is 98.9 cm³/mol. The van der Waals surface area contributed by atoms with Gasteiger partial charge in [0.1, 0.15) is 11.5 Å². The van der Waals surface area contributed by atoms with Crippen LogP contribution in [0.2, 0.25) is 0 Å². The summed E-state index contributed by atoms with van der Waals surface area (Å²) in [7, 11) is 0. The van der Waals surface area contributed by atoms with Crippen LogP contribution in [0.4, 0.5) is 0 Å². The number of carbonyl (C=O) groups is 1. The highest BCUT2D eigenvalue weighted by Gasteiger charge is 2.28. The SMILES string of the molecule is CCn1nc(-c2ncc[nH]2)c2c1CCN(C(=O)CCc1c(C)noc1C)C2. The van der Waals surface area contributed by atoms with E-state index >= 15 is 0 Å². The van der Waals surface area contributed by atoms with Gasteiger partial charge in [-0.25, -0.2) is 4.98 Å². The van der Waals surface area contributed by atoms with Crippen molar-refractivity contribution in [1.29, 1.82) is 0 Å². The first-order chi connectivity index (χ1) is 13.1. The number of carbonyl (C=O) groups excluding carboxylic acids is 1. The van der Waals surface area contributed by atoms with Crippen LogP contribution in [0, 0.1) is 13.8 Å². The molecule has 4 rings (SSSR count). The first-order valence-electron chi connectivity index (χ1n) is 9.36. The number of hydrogen-bond acceptors (Lipinski definition) is 5. The average Bonchev–Trinajstić information content (AvgIpc) is 3.39. The molecule has 3 aromatic heterocycles. The maximum absolute atomic E-state index is 12.8. The van der Waals surface area contributed by atoms with Crippen LogP contribution in [0.25, 0.3) is 11.5 Å². The van der Waals surface area contributed by atoms with Crippen LogP contribution in [0.5, 0.6) is 0 Å². The molecule has 0 fully saturated rings. The monoisotopic (exact) mass is 368 g/mol. The van der Waals surface area contributed by atoms with E-state index in [0.29, 0.717) is 19.4 Å². The van der Waals surface area contributed by atoms with E-state index in [9.17, 15) is 4.79 Å². The van der Waals surface area contributed by atoms with E-state index in [1.165, 1.54) is 5.69 Å². The Morgan fingerprint density at radius 2 is 2.22 bits per heavy atom. The van der Waals surface area contributed by atoms with Crippen molar-refractivity contribution in [1.82, 2.24) is 29.8 Å². The molecule has 8 heteroatoms. The predicted octanol–water partition coefficient (Wildman–Crippen LogP) is 2.42. The molecule has 0 atom stereocenters. The number of nitrogens with zero attached hydrogens (tertiary/aromatic N) is 5. The summed E-state index contributed by atoms with van der Waals surface area (Å²) in [5, 5.41) is 8.69. The zero-order valence-corrected chi connectivity index (χ0v) is 15.9. The normalized spacial score (nSPS) is 13.8. The van der Waals surface area contributed by atoms with Crippen LogP contribution in [0.1, 0.15) is 41.6 Å². The Morgan fingerprint density at radius 3 is 2.89 bits per heavy atom. The molecule has 3 aromatic rings. The summed E-state index contributed by atoms with van der Waals surface area (Å²) in [6.45, 7) is 7.99. The molecule has 1 amide bonds. The Labute approximate surface area is 157 Å². The van der Waals surface area contributed by atoms with Crippen molar-refractivity contribution < 1.29 is 9.32 Å². The van der Waals surface area contributed by atoms with Gasteiger partial charge in [-0.05, 0) is 27.2 Å². The smallest absolute Gasteiger partial charge is 0.223 e. The van der Waals surface area contributed by atoms with Crippen LogP contribution >= 0.6 is 0 Å². The van der Waals surface area contributed by atoms with Gasteiger partial charge in [0.2, 0.25) is 5.91 Å². The Bertz CT molecular complexity index is 934. The Kier molecular flexibility index (Phi) is 4.55. The van der Waals surface area contributed by atoms with Crippen molar-refractivity contribution in [2.24, 2.45) is 0 Å². The minimum Gasteiger partial charge on any atom is -0.361 e. The first kappa shape index (κ1) is 17.5. The summed E-state index contributed by atoms with van der Waals surface area (Å²) in [5.41, 5.74) is 5.06. The largest absolute Gasteiger partial charge is 0.361 e. The van der Waals surface area contributed by atoms with Crippen molar-refractivity contribution in [3.63, 3.8) is 0 Å².